The minimum atomic E-state index is -0.0413. The van der Waals surface area contributed by atoms with Crippen LogP contribution in [0.5, 0.6) is 11.5 Å². The summed E-state index contributed by atoms with van der Waals surface area (Å²) in [5, 5.41) is 0. The number of hydrogen-bond acceptors (Lipinski definition) is 3. The van der Waals surface area contributed by atoms with Gasteiger partial charge in [0.2, 0.25) is 0 Å². The molecule has 1 aliphatic rings. The number of ether oxygens (including phenoxy) is 2. The normalized spacial score (nSPS) is 13.4. The van der Waals surface area contributed by atoms with Crippen molar-refractivity contribution in [3.05, 3.63) is 53.1 Å². The predicted octanol–water partition coefficient (Wildman–Crippen LogP) is 3.67. The second kappa shape index (κ2) is 6.95. The molecule has 1 heterocycles. The molecule has 0 aromatic heterocycles. The number of carbonyl (C=O) groups is 1. The summed E-state index contributed by atoms with van der Waals surface area (Å²) in [4.78, 5) is 14.5. The Kier molecular flexibility index (Phi) is 4.74. The summed E-state index contributed by atoms with van der Waals surface area (Å²) < 4.78 is 11.2. The minimum Gasteiger partial charge on any atom is -0.495 e. The van der Waals surface area contributed by atoms with E-state index in [1.54, 1.807) is 12.0 Å². The van der Waals surface area contributed by atoms with E-state index in [2.05, 4.69) is 13.0 Å². The van der Waals surface area contributed by atoms with Gasteiger partial charge in [-0.1, -0.05) is 23.8 Å². The van der Waals surface area contributed by atoms with Crippen LogP contribution in [0.3, 0.4) is 0 Å². The van der Waals surface area contributed by atoms with Gasteiger partial charge >= 0.3 is 0 Å². The van der Waals surface area contributed by atoms with E-state index in [4.69, 9.17) is 9.47 Å². The quantitative estimate of drug-likeness (QED) is 0.861. The summed E-state index contributed by atoms with van der Waals surface area (Å²) in [6.07, 6.45) is 1.93. The fraction of sp³-hybridized carbons (Fsp3) is 0.350. The van der Waals surface area contributed by atoms with Gasteiger partial charge in [-0.3, -0.25) is 4.79 Å². The van der Waals surface area contributed by atoms with Crippen molar-refractivity contribution in [2.45, 2.75) is 26.7 Å². The van der Waals surface area contributed by atoms with E-state index in [9.17, 15) is 4.79 Å². The average Bonchev–Trinajstić information content (AvgIpc) is 2.61. The van der Waals surface area contributed by atoms with Crippen LogP contribution in [0.25, 0.3) is 0 Å². The Morgan fingerprint density at radius 2 is 1.88 bits per heavy atom. The zero-order valence-electron chi connectivity index (χ0n) is 14.5. The summed E-state index contributed by atoms with van der Waals surface area (Å²) >= 11 is 0. The molecule has 0 bridgehead atoms. The van der Waals surface area contributed by atoms with Crippen LogP contribution in [-0.2, 0) is 11.2 Å². The van der Waals surface area contributed by atoms with Crippen molar-refractivity contribution in [1.29, 1.82) is 0 Å². The number of carbonyl (C=O) groups excluding carboxylic acids is 1. The van der Waals surface area contributed by atoms with Gasteiger partial charge in [-0.25, -0.2) is 0 Å². The third-order valence-electron chi connectivity index (χ3n) is 4.46. The molecule has 0 saturated carbocycles. The Balaban J connectivity index is 1.79. The molecule has 0 spiro atoms. The smallest absolute Gasteiger partial charge is 0.265 e. The Hall–Kier alpha value is -2.49. The van der Waals surface area contributed by atoms with Crippen LogP contribution in [0.4, 0.5) is 5.69 Å². The largest absolute Gasteiger partial charge is 0.495 e. The van der Waals surface area contributed by atoms with Gasteiger partial charge in [0.15, 0.2) is 6.61 Å². The molecule has 1 aliphatic heterocycles. The number of aryl methyl sites for hydroxylation is 2. The van der Waals surface area contributed by atoms with Crippen LogP contribution >= 0.6 is 0 Å². The zero-order valence-corrected chi connectivity index (χ0v) is 14.5. The maximum atomic E-state index is 12.7. The molecule has 0 unspecified atom stereocenters. The number of benzene rings is 2. The second-order valence-electron chi connectivity index (χ2n) is 6.16. The van der Waals surface area contributed by atoms with E-state index in [1.807, 2.05) is 37.3 Å². The molecule has 0 fully saturated rings. The number of hydrogen-bond donors (Lipinski definition) is 0. The second-order valence-corrected chi connectivity index (χ2v) is 6.16. The maximum Gasteiger partial charge on any atom is 0.265 e. The molecular weight excluding hydrogens is 302 g/mol. The first-order valence-electron chi connectivity index (χ1n) is 8.26. The maximum absolute atomic E-state index is 12.7. The molecule has 2 aromatic carbocycles. The first-order valence-corrected chi connectivity index (χ1v) is 8.26. The minimum absolute atomic E-state index is 0.0274. The van der Waals surface area contributed by atoms with Gasteiger partial charge < -0.3 is 14.4 Å². The number of fused-ring (bicyclic) bond motifs is 1. The Bertz CT molecular complexity index is 737. The number of rotatable bonds is 4. The Labute approximate surface area is 143 Å². The lowest BCUT2D eigenvalue weighted by atomic mass is 9.96. The molecule has 4 nitrogen and oxygen atoms in total. The van der Waals surface area contributed by atoms with Crippen LogP contribution in [0.1, 0.15) is 23.1 Å². The van der Waals surface area contributed by atoms with Crippen molar-refractivity contribution in [2.75, 3.05) is 25.2 Å². The lowest BCUT2D eigenvalue weighted by molar-refractivity contribution is -0.120. The van der Waals surface area contributed by atoms with E-state index in [0.717, 1.165) is 24.3 Å². The van der Waals surface area contributed by atoms with Crippen molar-refractivity contribution >= 4 is 11.6 Å². The van der Waals surface area contributed by atoms with Crippen LogP contribution < -0.4 is 14.4 Å². The van der Waals surface area contributed by atoms with Crippen LogP contribution in [0.15, 0.2) is 36.4 Å². The molecule has 126 valence electrons. The molecule has 3 rings (SSSR count). The molecule has 1 amide bonds. The summed E-state index contributed by atoms with van der Waals surface area (Å²) in [6.45, 7) is 4.83. The zero-order chi connectivity index (χ0) is 17.1. The third kappa shape index (κ3) is 3.23. The molecule has 0 atom stereocenters. The standard InChI is InChI=1S/C20H23NO3/c1-14-6-9-16(10-7-14)24-13-19(22)21-12-4-5-17-15(2)8-11-18(23-3)20(17)21/h6-11H,4-5,12-13H2,1-3H3. The highest BCUT2D eigenvalue weighted by molar-refractivity contribution is 5.97. The topological polar surface area (TPSA) is 38.8 Å². The summed E-state index contributed by atoms with van der Waals surface area (Å²) in [6, 6.07) is 11.7. The lowest BCUT2D eigenvalue weighted by Crippen LogP contribution is -2.39. The van der Waals surface area contributed by atoms with Crippen molar-refractivity contribution < 1.29 is 14.3 Å². The van der Waals surface area contributed by atoms with E-state index in [0.29, 0.717) is 12.3 Å². The molecule has 0 saturated heterocycles. The number of methoxy groups -OCH3 is 1. The molecular formula is C20H23NO3. The van der Waals surface area contributed by atoms with E-state index in [-0.39, 0.29) is 12.5 Å². The van der Waals surface area contributed by atoms with Crippen molar-refractivity contribution in [2.24, 2.45) is 0 Å². The molecule has 2 aromatic rings. The van der Waals surface area contributed by atoms with E-state index < -0.39 is 0 Å². The van der Waals surface area contributed by atoms with Crippen molar-refractivity contribution in [1.82, 2.24) is 0 Å². The highest BCUT2D eigenvalue weighted by Gasteiger charge is 2.27. The first kappa shape index (κ1) is 16.4. The summed E-state index contributed by atoms with van der Waals surface area (Å²) in [7, 11) is 1.64. The van der Waals surface area contributed by atoms with Gasteiger partial charge in [-0.05, 0) is 56.0 Å². The molecule has 0 aliphatic carbocycles. The van der Waals surface area contributed by atoms with Crippen molar-refractivity contribution in [3.8, 4) is 11.5 Å². The average molecular weight is 325 g/mol. The van der Waals surface area contributed by atoms with Gasteiger partial charge in [-0.2, -0.15) is 0 Å². The monoisotopic (exact) mass is 325 g/mol. The third-order valence-corrected chi connectivity index (χ3v) is 4.46. The number of nitrogens with zero attached hydrogens (tertiary/aromatic N) is 1. The summed E-state index contributed by atoms with van der Waals surface area (Å²) in [5.74, 6) is 1.42. The first-order chi connectivity index (χ1) is 11.6. The highest BCUT2D eigenvalue weighted by atomic mass is 16.5. The lowest BCUT2D eigenvalue weighted by Gasteiger charge is -2.32. The predicted molar refractivity (Wildman–Crippen MR) is 95.1 cm³/mol. The molecule has 24 heavy (non-hydrogen) atoms. The van der Waals surface area contributed by atoms with Gasteiger partial charge in [0.1, 0.15) is 11.5 Å². The highest BCUT2D eigenvalue weighted by Crippen LogP contribution is 2.38. The number of anilines is 1. The summed E-state index contributed by atoms with van der Waals surface area (Å²) in [5.41, 5.74) is 4.46. The number of amides is 1. The Morgan fingerprint density at radius 3 is 2.58 bits per heavy atom. The molecule has 0 N–H and O–H groups in total. The van der Waals surface area contributed by atoms with Crippen LogP contribution in [0.2, 0.25) is 0 Å². The van der Waals surface area contributed by atoms with E-state index in [1.165, 1.54) is 16.7 Å². The van der Waals surface area contributed by atoms with Gasteiger partial charge in [-0.15, -0.1) is 0 Å². The van der Waals surface area contributed by atoms with Crippen molar-refractivity contribution in [3.63, 3.8) is 0 Å². The van der Waals surface area contributed by atoms with Crippen LogP contribution in [0, 0.1) is 13.8 Å². The fourth-order valence-electron chi connectivity index (χ4n) is 3.12. The SMILES string of the molecule is COc1ccc(C)c2c1N(C(=O)COc1ccc(C)cc1)CCC2. The fourth-order valence-corrected chi connectivity index (χ4v) is 3.12. The van der Waals surface area contributed by atoms with Gasteiger partial charge in [0.05, 0.1) is 12.8 Å². The van der Waals surface area contributed by atoms with Gasteiger partial charge in [0.25, 0.3) is 5.91 Å². The van der Waals surface area contributed by atoms with Crippen LogP contribution in [-0.4, -0.2) is 26.2 Å². The molecule has 0 radical (unpaired) electrons. The molecule has 4 heteroatoms. The van der Waals surface area contributed by atoms with Gasteiger partial charge in [0, 0.05) is 6.54 Å². The Morgan fingerprint density at radius 1 is 1.12 bits per heavy atom. The van der Waals surface area contributed by atoms with E-state index >= 15 is 0 Å².